The molecule has 1 aromatic heterocycles. The van der Waals surface area contributed by atoms with Gasteiger partial charge in [-0.05, 0) is 18.9 Å². The van der Waals surface area contributed by atoms with Crippen LogP contribution in [0.5, 0.6) is 5.88 Å². The predicted octanol–water partition coefficient (Wildman–Crippen LogP) is 0.268. The first kappa shape index (κ1) is 9.99. The van der Waals surface area contributed by atoms with Crippen LogP contribution in [0.2, 0.25) is 0 Å². The van der Waals surface area contributed by atoms with Crippen LogP contribution in [0.3, 0.4) is 0 Å². The molecule has 5 nitrogen and oxygen atoms in total. The third-order valence-corrected chi connectivity index (χ3v) is 3.51. The molecule has 4 rings (SSSR count). The summed E-state index contributed by atoms with van der Waals surface area (Å²) in [5, 5.41) is 17.7. The van der Waals surface area contributed by atoms with Crippen molar-refractivity contribution in [2.24, 2.45) is 5.92 Å². The summed E-state index contributed by atoms with van der Waals surface area (Å²) in [6.45, 7) is 1.96. The number of ether oxygens (including phenoxy) is 1. The first-order chi connectivity index (χ1) is 7.84. The second-order valence-corrected chi connectivity index (χ2v) is 4.43. The predicted molar refractivity (Wildman–Crippen MR) is 56.8 cm³/mol. The molecule has 3 aliphatic heterocycles. The minimum Gasteiger partial charge on any atom is -0.469 e. The first-order valence-corrected chi connectivity index (χ1v) is 5.71. The summed E-state index contributed by atoms with van der Waals surface area (Å²) >= 11 is 0. The van der Waals surface area contributed by atoms with E-state index in [2.05, 4.69) is 15.1 Å². The molecular weight excluding hydrogens is 206 g/mol. The van der Waals surface area contributed by atoms with Gasteiger partial charge >= 0.3 is 0 Å². The van der Waals surface area contributed by atoms with Crippen LogP contribution in [-0.4, -0.2) is 45.6 Å². The molecule has 2 bridgehead atoms. The highest BCUT2D eigenvalue weighted by Gasteiger charge is 2.43. The Labute approximate surface area is 94.0 Å². The Morgan fingerprint density at radius 1 is 1.38 bits per heavy atom. The van der Waals surface area contributed by atoms with Crippen molar-refractivity contribution in [2.45, 2.75) is 25.2 Å². The van der Waals surface area contributed by atoms with E-state index < -0.39 is 6.23 Å². The quantitative estimate of drug-likeness (QED) is 0.776. The molecule has 3 aliphatic rings. The summed E-state index contributed by atoms with van der Waals surface area (Å²) in [6.07, 6.45) is 3.16. The Morgan fingerprint density at radius 2 is 2.19 bits per heavy atom. The highest BCUT2D eigenvalue weighted by Crippen LogP contribution is 2.33. The second-order valence-electron chi connectivity index (χ2n) is 4.43. The van der Waals surface area contributed by atoms with Crippen LogP contribution < -0.4 is 4.74 Å². The van der Waals surface area contributed by atoms with E-state index in [1.807, 2.05) is 0 Å². The number of aliphatic hydroxyl groups excluding tert-OH is 1. The molecule has 4 heterocycles. The van der Waals surface area contributed by atoms with Crippen molar-refractivity contribution in [1.29, 1.82) is 0 Å². The second kappa shape index (κ2) is 3.99. The fraction of sp³-hybridized carbons (Fsp3) is 0.636. The zero-order chi connectivity index (χ0) is 11.0. The van der Waals surface area contributed by atoms with Gasteiger partial charge in [0.25, 0.3) is 0 Å². The van der Waals surface area contributed by atoms with Crippen LogP contribution in [0.1, 0.15) is 12.8 Å². The molecule has 0 aliphatic carbocycles. The van der Waals surface area contributed by atoms with Gasteiger partial charge in [-0.2, -0.15) is 5.10 Å². The topological polar surface area (TPSA) is 58.5 Å². The molecule has 5 heteroatoms. The molecule has 0 aromatic carbocycles. The van der Waals surface area contributed by atoms with Crippen molar-refractivity contribution in [3.63, 3.8) is 0 Å². The first-order valence-electron chi connectivity index (χ1n) is 5.71. The van der Waals surface area contributed by atoms with Crippen molar-refractivity contribution >= 4 is 0 Å². The molecule has 3 fully saturated rings. The lowest BCUT2D eigenvalue weighted by atomic mass is 9.84. The van der Waals surface area contributed by atoms with E-state index in [9.17, 15) is 5.11 Å². The Morgan fingerprint density at radius 3 is 2.81 bits per heavy atom. The number of aromatic nitrogens is 2. The van der Waals surface area contributed by atoms with Crippen LogP contribution in [-0.2, 0) is 0 Å². The molecule has 0 spiro atoms. The molecule has 1 N–H and O–H groups in total. The Bertz CT molecular complexity index is 350. The van der Waals surface area contributed by atoms with Gasteiger partial charge in [0, 0.05) is 31.3 Å². The number of piperidine rings is 3. The minimum absolute atomic E-state index is 0.154. The van der Waals surface area contributed by atoms with Crippen LogP contribution >= 0.6 is 0 Å². The monoisotopic (exact) mass is 221 g/mol. The number of aliphatic hydroxyl groups is 1. The van der Waals surface area contributed by atoms with E-state index in [1.165, 1.54) is 0 Å². The van der Waals surface area contributed by atoms with Gasteiger partial charge < -0.3 is 9.84 Å². The summed E-state index contributed by atoms with van der Waals surface area (Å²) in [7, 11) is 0. The van der Waals surface area contributed by atoms with Gasteiger partial charge in [-0.1, -0.05) is 0 Å². The molecule has 0 amide bonds. The number of hydrogen-bond acceptors (Lipinski definition) is 5. The highest BCUT2D eigenvalue weighted by molar-refractivity contribution is 5.07. The van der Waals surface area contributed by atoms with Crippen molar-refractivity contribution in [2.75, 3.05) is 13.1 Å². The van der Waals surface area contributed by atoms with Crippen LogP contribution in [0.15, 0.2) is 18.3 Å². The molecule has 0 saturated carbocycles. The van der Waals surface area contributed by atoms with Crippen molar-refractivity contribution in [3.05, 3.63) is 18.3 Å². The van der Waals surface area contributed by atoms with Gasteiger partial charge in [0.15, 0.2) is 0 Å². The Balaban J connectivity index is 1.75. The van der Waals surface area contributed by atoms with Crippen LogP contribution in [0.25, 0.3) is 0 Å². The third-order valence-electron chi connectivity index (χ3n) is 3.51. The molecule has 86 valence electrons. The maximum atomic E-state index is 10.1. The summed E-state index contributed by atoms with van der Waals surface area (Å²) < 4.78 is 5.74. The zero-order valence-electron chi connectivity index (χ0n) is 8.99. The van der Waals surface area contributed by atoms with E-state index in [-0.39, 0.29) is 6.10 Å². The molecule has 0 unspecified atom stereocenters. The Kier molecular flexibility index (Phi) is 2.49. The smallest absolute Gasteiger partial charge is 0.233 e. The summed E-state index contributed by atoms with van der Waals surface area (Å²) in [5.74, 6) is 0.947. The lowest BCUT2D eigenvalue weighted by Gasteiger charge is -2.47. The average molecular weight is 221 g/mol. The van der Waals surface area contributed by atoms with Gasteiger partial charge in [0.05, 0.1) is 0 Å². The standard InChI is InChI=1S/C11H15N3O2/c15-11-10(8-3-6-14(11)7-4-8)16-9-2-1-5-12-13-9/h1-2,5,8,10-11,15H,3-4,6-7H2/t10-,11-/m1/s1. The van der Waals surface area contributed by atoms with Gasteiger partial charge in [0.1, 0.15) is 12.3 Å². The molecular formula is C11H15N3O2. The highest BCUT2D eigenvalue weighted by atomic mass is 16.5. The lowest BCUT2D eigenvalue weighted by molar-refractivity contribution is -0.154. The third kappa shape index (κ3) is 1.66. The normalized spacial score (nSPS) is 37.3. The Hall–Kier alpha value is -1.20. The van der Waals surface area contributed by atoms with E-state index in [0.717, 1.165) is 25.9 Å². The largest absolute Gasteiger partial charge is 0.469 e. The molecule has 3 saturated heterocycles. The summed E-state index contributed by atoms with van der Waals surface area (Å²) in [6, 6.07) is 3.56. The van der Waals surface area contributed by atoms with Gasteiger partial charge in [0.2, 0.25) is 5.88 Å². The van der Waals surface area contributed by atoms with Crippen molar-refractivity contribution < 1.29 is 9.84 Å². The van der Waals surface area contributed by atoms with E-state index in [4.69, 9.17) is 4.74 Å². The maximum absolute atomic E-state index is 10.1. The lowest BCUT2D eigenvalue weighted by Crippen LogP contribution is -2.59. The number of nitrogens with zero attached hydrogens (tertiary/aromatic N) is 3. The van der Waals surface area contributed by atoms with Gasteiger partial charge in [-0.25, -0.2) is 0 Å². The fourth-order valence-corrected chi connectivity index (χ4v) is 2.61. The summed E-state index contributed by atoms with van der Waals surface area (Å²) in [4.78, 5) is 2.07. The number of rotatable bonds is 2. The molecule has 1 aromatic rings. The number of fused-ring (bicyclic) bond motifs is 3. The molecule has 2 atom stereocenters. The fourth-order valence-electron chi connectivity index (χ4n) is 2.61. The molecule has 0 radical (unpaired) electrons. The maximum Gasteiger partial charge on any atom is 0.233 e. The number of hydrogen-bond donors (Lipinski definition) is 1. The molecule has 16 heavy (non-hydrogen) atoms. The zero-order valence-corrected chi connectivity index (χ0v) is 8.99. The van der Waals surface area contributed by atoms with Crippen molar-refractivity contribution in [3.8, 4) is 5.88 Å². The van der Waals surface area contributed by atoms with E-state index in [0.29, 0.717) is 11.8 Å². The SMILES string of the molecule is O[C@@H]1[C@H](Oc2cccnn2)C2CCN1CC2. The summed E-state index contributed by atoms with van der Waals surface area (Å²) in [5.41, 5.74) is 0. The van der Waals surface area contributed by atoms with Gasteiger partial charge in [-0.3, -0.25) is 4.90 Å². The van der Waals surface area contributed by atoms with Crippen molar-refractivity contribution in [1.82, 2.24) is 15.1 Å². The van der Waals surface area contributed by atoms with Crippen LogP contribution in [0, 0.1) is 5.92 Å². The van der Waals surface area contributed by atoms with Gasteiger partial charge in [-0.15, -0.1) is 5.10 Å². The van der Waals surface area contributed by atoms with Crippen LogP contribution in [0.4, 0.5) is 0 Å². The van der Waals surface area contributed by atoms with E-state index >= 15 is 0 Å². The average Bonchev–Trinajstić information content (AvgIpc) is 2.36. The van der Waals surface area contributed by atoms with E-state index in [1.54, 1.807) is 18.3 Å². The minimum atomic E-state index is -0.491.